The van der Waals surface area contributed by atoms with E-state index in [0.717, 1.165) is 12.5 Å². The van der Waals surface area contributed by atoms with E-state index < -0.39 is 16.5 Å². The molecule has 12 heavy (non-hydrogen) atoms. The molecule has 2 N–H and O–H groups in total. The van der Waals surface area contributed by atoms with Gasteiger partial charge in [0, 0.05) is 0 Å². The lowest BCUT2D eigenvalue weighted by atomic mass is 11.2. The summed E-state index contributed by atoms with van der Waals surface area (Å²) in [7, 11) is -5.51. The molecule has 0 aliphatic rings. The van der Waals surface area contributed by atoms with E-state index in [1.54, 1.807) is 0 Å². The standard InChI is InChI=1S/C4H7O3P.H3O3P/c1-3-6-8(5)7-4-2;1-4(2)3/h3-4,8H,1-2H2;4H,(H2,1,2,3). The summed E-state index contributed by atoms with van der Waals surface area (Å²) < 4.78 is 27.6. The summed E-state index contributed by atoms with van der Waals surface area (Å²) in [6, 6.07) is 0. The molecule has 0 amide bonds. The monoisotopic (exact) mass is 216 g/mol. The highest BCUT2D eigenvalue weighted by atomic mass is 31.1. The summed E-state index contributed by atoms with van der Waals surface area (Å²) in [6.45, 7) is 6.34. The first-order chi connectivity index (χ1) is 5.54. The molecule has 0 saturated heterocycles. The lowest BCUT2D eigenvalue weighted by molar-refractivity contribution is 0.357. The first-order valence-electron chi connectivity index (χ1n) is 2.55. The topological polar surface area (TPSA) is 93.1 Å². The Labute approximate surface area is 71.0 Å². The van der Waals surface area contributed by atoms with Crippen molar-refractivity contribution in [2.75, 3.05) is 0 Å². The molecule has 0 aromatic rings. The zero-order valence-corrected chi connectivity index (χ0v) is 8.10. The van der Waals surface area contributed by atoms with Crippen LogP contribution in [0.4, 0.5) is 0 Å². The predicted octanol–water partition coefficient (Wildman–Crippen LogP) is 1.06. The molecule has 0 aromatic heterocycles. The van der Waals surface area contributed by atoms with Gasteiger partial charge in [-0.25, -0.2) is 4.57 Å². The van der Waals surface area contributed by atoms with Crippen molar-refractivity contribution in [3.63, 3.8) is 0 Å². The van der Waals surface area contributed by atoms with Crippen molar-refractivity contribution in [3.05, 3.63) is 25.7 Å². The molecule has 0 atom stereocenters. The van der Waals surface area contributed by atoms with Crippen molar-refractivity contribution >= 4 is 16.5 Å². The van der Waals surface area contributed by atoms with Crippen molar-refractivity contribution in [1.29, 1.82) is 0 Å². The molecule has 0 aliphatic heterocycles. The average Bonchev–Trinajstić information content (AvgIpc) is 1.87. The van der Waals surface area contributed by atoms with Gasteiger partial charge in [0.05, 0.1) is 12.5 Å². The van der Waals surface area contributed by atoms with Crippen LogP contribution in [0.2, 0.25) is 0 Å². The average molecular weight is 216 g/mol. The van der Waals surface area contributed by atoms with Gasteiger partial charge in [-0.3, -0.25) is 4.57 Å². The van der Waals surface area contributed by atoms with E-state index in [2.05, 4.69) is 22.2 Å². The van der Waals surface area contributed by atoms with Crippen LogP contribution in [0.5, 0.6) is 0 Å². The van der Waals surface area contributed by atoms with E-state index in [9.17, 15) is 4.57 Å². The maximum absolute atomic E-state index is 10.2. The van der Waals surface area contributed by atoms with E-state index in [1.165, 1.54) is 0 Å². The summed E-state index contributed by atoms with van der Waals surface area (Å²) in [6.07, 6.45) is 2.12. The summed E-state index contributed by atoms with van der Waals surface area (Å²) >= 11 is 0. The van der Waals surface area contributed by atoms with Gasteiger partial charge >= 0.3 is 16.5 Å². The summed E-state index contributed by atoms with van der Waals surface area (Å²) in [5.41, 5.74) is 0. The van der Waals surface area contributed by atoms with Gasteiger partial charge in [-0.2, -0.15) is 0 Å². The first-order valence-corrected chi connectivity index (χ1v) is 5.08. The van der Waals surface area contributed by atoms with Crippen molar-refractivity contribution in [2.24, 2.45) is 0 Å². The van der Waals surface area contributed by atoms with Crippen LogP contribution in [0.25, 0.3) is 0 Å². The lowest BCUT2D eigenvalue weighted by Gasteiger charge is -1.95. The third-order valence-electron chi connectivity index (χ3n) is 0.359. The van der Waals surface area contributed by atoms with Gasteiger partial charge in [-0.05, 0) is 0 Å². The van der Waals surface area contributed by atoms with E-state index >= 15 is 0 Å². The highest BCUT2D eigenvalue weighted by Crippen LogP contribution is 2.22. The van der Waals surface area contributed by atoms with Gasteiger partial charge in [-0.1, -0.05) is 13.2 Å². The normalized spacial score (nSPS) is 8.33. The molecule has 6 nitrogen and oxygen atoms in total. The Kier molecular flexibility index (Phi) is 12.2. The molecule has 72 valence electrons. The molecular weight excluding hydrogens is 206 g/mol. The minimum absolute atomic E-state index is 1.06. The summed E-state index contributed by atoms with van der Waals surface area (Å²) in [5.74, 6) is 0. The largest absolute Gasteiger partial charge is 0.427 e. The molecule has 0 aromatic carbocycles. The highest BCUT2D eigenvalue weighted by molar-refractivity contribution is 7.33. The Balaban J connectivity index is 0. The number of hydrogen-bond donors (Lipinski definition) is 2. The molecule has 8 heteroatoms. The van der Waals surface area contributed by atoms with Crippen LogP contribution >= 0.6 is 16.5 Å². The van der Waals surface area contributed by atoms with Gasteiger partial charge in [0.2, 0.25) is 0 Å². The minimum atomic E-state index is -3.13. The second-order valence-corrected chi connectivity index (χ2v) is 2.64. The zero-order valence-electron chi connectivity index (χ0n) is 6.10. The fraction of sp³-hybridized carbons (Fsp3) is 0. The third-order valence-corrected chi connectivity index (χ3v) is 1.08. The summed E-state index contributed by atoms with van der Waals surface area (Å²) in [5, 5.41) is 0. The second kappa shape index (κ2) is 10.5. The molecular formula is C4H10O6P2. The number of rotatable bonds is 4. The molecule has 0 rings (SSSR count). The molecule has 0 bridgehead atoms. The molecule has 0 aliphatic carbocycles. The van der Waals surface area contributed by atoms with Crippen LogP contribution in [0, 0.1) is 0 Å². The molecule has 0 saturated carbocycles. The lowest BCUT2D eigenvalue weighted by Crippen LogP contribution is -1.64. The molecule has 0 fully saturated rings. The van der Waals surface area contributed by atoms with Gasteiger partial charge in [-0.15, -0.1) is 0 Å². The van der Waals surface area contributed by atoms with Crippen molar-refractivity contribution in [3.8, 4) is 0 Å². The fourth-order valence-electron chi connectivity index (χ4n) is 0.164. The van der Waals surface area contributed by atoms with Gasteiger partial charge < -0.3 is 18.8 Å². The van der Waals surface area contributed by atoms with Gasteiger partial charge in [0.25, 0.3) is 0 Å². The molecule has 0 unspecified atom stereocenters. The quantitative estimate of drug-likeness (QED) is 0.539. The Bertz CT molecular complexity index is 162. The van der Waals surface area contributed by atoms with E-state index in [1.807, 2.05) is 0 Å². The Morgan fingerprint density at radius 2 is 1.33 bits per heavy atom. The van der Waals surface area contributed by atoms with Crippen LogP contribution in [-0.2, 0) is 18.2 Å². The Hall–Kier alpha value is -0.540. The zero-order chi connectivity index (χ0) is 9.98. The number of hydrogen-bond acceptors (Lipinski definition) is 4. The third kappa shape index (κ3) is 22.7. The van der Waals surface area contributed by atoms with Gasteiger partial charge in [0.15, 0.2) is 0 Å². The Morgan fingerprint density at radius 1 is 1.08 bits per heavy atom. The first kappa shape index (κ1) is 14.0. The molecule has 0 spiro atoms. The fourth-order valence-corrected chi connectivity index (χ4v) is 0.492. The molecule has 0 heterocycles. The van der Waals surface area contributed by atoms with Crippen LogP contribution in [-0.4, -0.2) is 9.79 Å². The van der Waals surface area contributed by atoms with Crippen molar-refractivity contribution in [2.45, 2.75) is 0 Å². The van der Waals surface area contributed by atoms with Crippen LogP contribution in [0.3, 0.4) is 0 Å². The summed E-state index contributed by atoms with van der Waals surface area (Å²) in [4.78, 5) is 14.3. The van der Waals surface area contributed by atoms with Gasteiger partial charge in [0.1, 0.15) is 0 Å². The van der Waals surface area contributed by atoms with Crippen LogP contribution < -0.4 is 0 Å². The maximum atomic E-state index is 10.2. The maximum Gasteiger partial charge on any atom is 0.417 e. The predicted molar refractivity (Wildman–Crippen MR) is 45.0 cm³/mol. The van der Waals surface area contributed by atoms with Crippen LogP contribution in [0.1, 0.15) is 0 Å². The van der Waals surface area contributed by atoms with E-state index in [4.69, 9.17) is 14.4 Å². The minimum Gasteiger partial charge on any atom is -0.427 e. The van der Waals surface area contributed by atoms with E-state index in [0.29, 0.717) is 0 Å². The van der Waals surface area contributed by atoms with E-state index in [-0.39, 0.29) is 0 Å². The Morgan fingerprint density at radius 3 is 1.50 bits per heavy atom. The SMILES string of the molecule is C=CO[PH](=O)OC=C.O=[PH](O)O. The van der Waals surface area contributed by atoms with Crippen molar-refractivity contribution < 1.29 is 28.0 Å². The molecule has 0 radical (unpaired) electrons. The highest BCUT2D eigenvalue weighted by Gasteiger charge is 1.87. The second-order valence-electron chi connectivity index (χ2n) is 1.10. The van der Waals surface area contributed by atoms with Crippen molar-refractivity contribution in [1.82, 2.24) is 0 Å². The van der Waals surface area contributed by atoms with Crippen LogP contribution in [0.15, 0.2) is 25.7 Å². The smallest absolute Gasteiger partial charge is 0.417 e.